The van der Waals surface area contributed by atoms with Gasteiger partial charge >= 0.3 is 5.97 Å². The lowest BCUT2D eigenvalue weighted by molar-refractivity contribution is 0.0601. The van der Waals surface area contributed by atoms with Crippen LogP contribution in [0.4, 0.5) is 11.5 Å². The number of carbonyl (C=O) groups is 1. The van der Waals surface area contributed by atoms with Crippen molar-refractivity contribution < 1.29 is 9.53 Å². The van der Waals surface area contributed by atoms with Gasteiger partial charge in [0.1, 0.15) is 12.1 Å². The molecule has 0 spiro atoms. The highest BCUT2D eigenvalue weighted by atomic mass is 35.5. The summed E-state index contributed by atoms with van der Waals surface area (Å²) < 4.78 is 4.77. The predicted molar refractivity (Wildman–Crippen MR) is 90.5 cm³/mol. The first-order valence-electron chi connectivity index (χ1n) is 7.18. The number of anilines is 2. The zero-order valence-electron chi connectivity index (χ0n) is 13.0. The number of nitrogens with zero attached hydrogens (tertiary/aromatic N) is 2. The molecule has 0 amide bonds. The topological polar surface area (TPSA) is 76.1 Å². The predicted octanol–water partition coefficient (Wildman–Crippen LogP) is 2.38. The normalized spacial score (nSPS) is 12.8. The van der Waals surface area contributed by atoms with Crippen molar-refractivity contribution in [3.63, 3.8) is 0 Å². The molecule has 1 aliphatic heterocycles. The van der Waals surface area contributed by atoms with E-state index in [9.17, 15) is 4.79 Å². The third-order valence-electron chi connectivity index (χ3n) is 3.79. The summed E-state index contributed by atoms with van der Waals surface area (Å²) in [5.41, 5.74) is 4.55. The zero-order chi connectivity index (χ0) is 15.5. The van der Waals surface area contributed by atoms with Gasteiger partial charge in [-0.1, -0.05) is 6.07 Å². The van der Waals surface area contributed by atoms with E-state index in [0.29, 0.717) is 5.56 Å². The van der Waals surface area contributed by atoms with Crippen molar-refractivity contribution in [2.24, 2.45) is 0 Å². The van der Waals surface area contributed by atoms with E-state index in [1.165, 1.54) is 7.11 Å². The number of ether oxygens (including phenoxy) is 1. The van der Waals surface area contributed by atoms with Gasteiger partial charge < -0.3 is 15.4 Å². The van der Waals surface area contributed by atoms with Gasteiger partial charge in [-0.3, -0.25) is 0 Å². The number of hydrogen-bond acceptors (Lipinski definition) is 6. The lowest BCUT2D eigenvalue weighted by Gasteiger charge is -2.19. The molecule has 0 radical (unpaired) electrons. The molecule has 1 aromatic heterocycles. The van der Waals surface area contributed by atoms with E-state index in [4.69, 9.17) is 4.74 Å². The standard InChI is InChI=1S/C16H18N4O2.ClH/c1-10-3-4-11(16(21)22-2)7-13(10)20-15-12-5-6-17-8-14(12)18-9-19-15;/h3-4,7,9,17H,5-6,8H2,1-2H3,(H,18,19,20);1H. The van der Waals surface area contributed by atoms with Crippen molar-refractivity contribution in [1.29, 1.82) is 0 Å². The average molecular weight is 335 g/mol. The van der Waals surface area contributed by atoms with Gasteiger partial charge in [-0.05, 0) is 37.6 Å². The molecule has 2 N–H and O–H groups in total. The number of aryl methyl sites for hydroxylation is 1. The molecule has 7 heteroatoms. The van der Waals surface area contributed by atoms with Crippen LogP contribution >= 0.6 is 12.4 Å². The van der Waals surface area contributed by atoms with E-state index in [1.807, 2.05) is 13.0 Å². The van der Waals surface area contributed by atoms with Gasteiger partial charge in [0, 0.05) is 17.8 Å². The summed E-state index contributed by atoms with van der Waals surface area (Å²) in [4.78, 5) is 20.4. The molecule has 0 unspecified atom stereocenters. The molecule has 23 heavy (non-hydrogen) atoms. The van der Waals surface area contributed by atoms with Gasteiger partial charge in [-0.25, -0.2) is 14.8 Å². The van der Waals surface area contributed by atoms with E-state index in [0.717, 1.165) is 47.8 Å². The molecule has 122 valence electrons. The van der Waals surface area contributed by atoms with Gasteiger partial charge in [0.05, 0.1) is 18.4 Å². The van der Waals surface area contributed by atoms with Crippen LogP contribution in [0.5, 0.6) is 0 Å². The number of nitrogens with one attached hydrogen (secondary N) is 2. The van der Waals surface area contributed by atoms with Gasteiger partial charge in [0.15, 0.2) is 0 Å². The fourth-order valence-electron chi connectivity index (χ4n) is 2.52. The van der Waals surface area contributed by atoms with Crippen LogP contribution in [0.25, 0.3) is 0 Å². The highest BCUT2D eigenvalue weighted by molar-refractivity contribution is 5.91. The van der Waals surface area contributed by atoms with Crippen LogP contribution in [0.1, 0.15) is 27.2 Å². The summed E-state index contributed by atoms with van der Waals surface area (Å²) in [7, 11) is 1.38. The Balaban J connectivity index is 0.00000192. The van der Waals surface area contributed by atoms with Crippen LogP contribution in [0, 0.1) is 6.92 Å². The number of rotatable bonds is 3. The summed E-state index contributed by atoms with van der Waals surface area (Å²) in [6.07, 6.45) is 2.45. The maximum atomic E-state index is 11.7. The van der Waals surface area contributed by atoms with Crippen LogP contribution in [0.3, 0.4) is 0 Å². The number of hydrogen-bond donors (Lipinski definition) is 2. The molecule has 0 bridgehead atoms. The maximum Gasteiger partial charge on any atom is 0.337 e. The van der Waals surface area contributed by atoms with Crippen molar-refractivity contribution >= 4 is 29.9 Å². The van der Waals surface area contributed by atoms with Crippen LogP contribution in [0.2, 0.25) is 0 Å². The van der Waals surface area contributed by atoms with E-state index in [1.54, 1.807) is 18.5 Å². The molecular weight excluding hydrogens is 316 g/mol. The first kappa shape index (κ1) is 17.2. The Morgan fingerprint density at radius 2 is 2.17 bits per heavy atom. The summed E-state index contributed by atoms with van der Waals surface area (Å²) in [5, 5.41) is 6.63. The van der Waals surface area contributed by atoms with E-state index in [-0.39, 0.29) is 18.4 Å². The zero-order valence-corrected chi connectivity index (χ0v) is 13.9. The summed E-state index contributed by atoms with van der Waals surface area (Å²) in [6, 6.07) is 5.44. The largest absolute Gasteiger partial charge is 0.465 e. The molecule has 6 nitrogen and oxygen atoms in total. The van der Waals surface area contributed by atoms with Crippen molar-refractivity contribution in [2.75, 3.05) is 19.0 Å². The quantitative estimate of drug-likeness (QED) is 0.839. The van der Waals surface area contributed by atoms with Crippen LogP contribution in [0.15, 0.2) is 24.5 Å². The number of halogens is 1. The Hall–Kier alpha value is -2.18. The highest BCUT2D eigenvalue weighted by Crippen LogP contribution is 2.25. The third-order valence-corrected chi connectivity index (χ3v) is 3.79. The Kier molecular flexibility index (Phi) is 5.52. The molecule has 2 heterocycles. The Labute approximate surface area is 141 Å². The second kappa shape index (κ2) is 7.39. The molecule has 1 aliphatic rings. The Bertz CT molecular complexity index is 721. The Morgan fingerprint density at radius 3 is 2.96 bits per heavy atom. The number of fused-ring (bicyclic) bond motifs is 1. The molecule has 0 saturated heterocycles. The van der Waals surface area contributed by atoms with Crippen LogP contribution < -0.4 is 10.6 Å². The van der Waals surface area contributed by atoms with Crippen molar-refractivity contribution in [3.05, 3.63) is 46.9 Å². The number of aromatic nitrogens is 2. The maximum absolute atomic E-state index is 11.7. The van der Waals surface area contributed by atoms with Crippen molar-refractivity contribution in [1.82, 2.24) is 15.3 Å². The number of carbonyl (C=O) groups excluding carboxylic acids is 1. The third kappa shape index (κ3) is 3.60. The molecule has 0 saturated carbocycles. The minimum absolute atomic E-state index is 0. The second-order valence-corrected chi connectivity index (χ2v) is 5.22. The van der Waals surface area contributed by atoms with E-state index in [2.05, 4.69) is 20.6 Å². The lowest BCUT2D eigenvalue weighted by Crippen LogP contribution is -2.25. The highest BCUT2D eigenvalue weighted by Gasteiger charge is 2.16. The molecule has 0 fully saturated rings. The van der Waals surface area contributed by atoms with Crippen molar-refractivity contribution in [2.45, 2.75) is 19.9 Å². The molecule has 3 rings (SSSR count). The first-order chi connectivity index (χ1) is 10.7. The Morgan fingerprint density at radius 1 is 1.35 bits per heavy atom. The van der Waals surface area contributed by atoms with Crippen molar-refractivity contribution in [3.8, 4) is 0 Å². The monoisotopic (exact) mass is 334 g/mol. The van der Waals surface area contributed by atoms with Gasteiger partial charge in [-0.15, -0.1) is 12.4 Å². The molecule has 2 aromatic rings. The lowest BCUT2D eigenvalue weighted by atomic mass is 10.1. The molecular formula is C16H19ClN4O2. The van der Waals surface area contributed by atoms with Crippen LogP contribution in [-0.2, 0) is 17.7 Å². The summed E-state index contributed by atoms with van der Waals surface area (Å²) >= 11 is 0. The second-order valence-electron chi connectivity index (χ2n) is 5.22. The molecule has 1 aromatic carbocycles. The van der Waals surface area contributed by atoms with Gasteiger partial charge in [0.2, 0.25) is 0 Å². The average Bonchev–Trinajstić information content (AvgIpc) is 2.56. The number of benzene rings is 1. The fraction of sp³-hybridized carbons (Fsp3) is 0.312. The van der Waals surface area contributed by atoms with E-state index >= 15 is 0 Å². The summed E-state index contributed by atoms with van der Waals surface area (Å²) in [5.74, 6) is 0.452. The SMILES string of the molecule is COC(=O)c1ccc(C)c(Nc2ncnc3c2CCNC3)c1.Cl. The minimum atomic E-state index is -0.350. The first-order valence-corrected chi connectivity index (χ1v) is 7.18. The van der Waals surface area contributed by atoms with Gasteiger partial charge in [0.25, 0.3) is 0 Å². The molecule has 0 atom stereocenters. The number of methoxy groups -OCH3 is 1. The number of esters is 1. The summed E-state index contributed by atoms with van der Waals surface area (Å²) in [6.45, 7) is 3.66. The fourth-order valence-corrected chi connectivity index (χ4v) is 2.52. The van der Waals surface area contributed by atoms with Crippen LogP contribution in [-0.4, -0.2) is 29.6 Å². The minimum Gasteiger partial charge on any atom is -0.465 e. The molecule has 0 aliphatic carbocycles. The smallest absolute Gasteiger partial charge is 0.337 e. The van der Waals surface area contributed by atoms with E-state index < -0.39 is 0 Å². The van der Waals surface area contributed by atoms with Gasteiger partial charge in [-0.2, -0.15) is 0 Å².